The number of aromatic amines is 1. The maximum atomic E-state index is 12.9. The number of hydrogen-bond acceptors (Lipinski definition) is 2. The van der Waals surface area contributed by atoms with Crippen LogP contribution in [0.1, 0.15) is 23.1 Å². The fraction of sp³-hybridized carbons (Fsp3) is 0.120. The van der Waals surface area contributed by atoms with Gasteiger partial charge >= 0.3 is 0 Å². The largest absolute Gasteiger partial charge is 0.361 e. The number of para-hydroxylation sites is 1. The molecule has 1 atom stereocenters. The SMILES string of the molecule is O=C(N/N=C/c1c[nH]c2ccccc12)[C@H]1CC1(c1ccccc1)c1ccccc1. The minimum Gasteiger partial charge on any atom is -0.361 e. The first-order valence-corrected chi connectivity index (χ1v) is 9.79. The first-order valence-electron chi connectivity index (χ1n) is 9.79. The minimum atomic E-state index is -0.275. The monoisotopic (exact) mass is 379 g/mol. The maximum Gasteiger partial charge on any atom is 0.244 e. The van der Waals surface area contributed by atoms with Crippen molar-refractivity contribution in [3.63, 3.8) is 0 Å². The smallest absolute Gasteiger partial charge is 0.244 e. The van der Waals surface area contributed by atoms with Crippen molar-refractivity contribution in [1.82, 2.24) is 10.4 Å². The molecule has 1 aliphatic carbocycles. The molecule has 4 heteroatoms. The lowest BCUT2D eigenvalue weighted by Gasteiger charge is -2.18. The van der Waals surface area contributed by atoms with Gasteiger partial charge in [0.2, 0.25) is 5.91 Å². The molecule has 0 spiro atoms. The van der Waals surface area contributed by atoms with Crippen LogP contribution in [0, 0.1) is 5.92 Å². The zero-order chi connectivity index (χ0) is 19.7. The maximum absolute atomic E-state index is 12.9. The number of nitrogens with zero attached hydrogens (tertiary/aromatic N) is 1. The van der Waals surface area contributed by atoms with Crippen molar-refractivity contribution in [2.24, 2.45) is 11.0 Å². The molecule has 1 aliphatic rings. The number of H-pyrrole nitrogens is 1. The van der Waals surface area contributed by atoms with Gasteiger partial charge in [-0.2, -0.15) is 5.10 Å². The van der Waals surface area contributed by atoms with Crippen molar-refractivity contribution in [1.29, 1.82) is 0 Å². The lowest BCUT2D eigenvalue weighted by atomic mass is 9.85. The zero-order valence-electron chi connectivity index (χ0n) is 15.9. The van der Waals surface area contributed by atoms with E-state index in [0.29, 0.717) is 0 Å². The summed E-state index contributed by atoms with van der Waals surface area (Å²) in [4.78, 5) is 16.1. The van der Waals surface area contributed by atoms with Crippen molar-refractivity contribution in [3.8, 4) is 0 Å². The normalized spacial score (nSPS) is 17.4. The summed E-state index contributed by atoms with van der Waals surface area (Å²) in [5.74, 6) is -0.179. The van der Waals surface area contributed by atoms with Crippen LogP contribution in [-0.4, -0.2) is 17.1 Å². The zero-order valence-corrected chi connectivity index (χ0v) is 15.9. The van der Waals surface area contributed by atoms with E-state index in [1.165, 1.54) is 11.1 Å². The quantitative estimate of drug-likeness (QED) is 0.386. The highest BCUT2D eigenvalue weighted by atomic mass is 16.2. The third-order valence-electron chi connectivity index (χ3n) is 5.85. The van der Waals surface area contributed by atoms with Gasteiger partial charge in [-0.3, -0.25) is 4.79 Å². The molecule has 1 aromatic heterocycles. The van der Waals surface area contributed by atoms with Crippen molar-refractivity contribution in [2.75, 3.05) is 0 Å². The van der Waals surface area contributed by atoms with Gasteiger partial charge in [0.05, 0.1) is 12.1 Å². The molecule has 1 saturated carbocycles. The van der Waals surface area contributed by atoms with E-state index in [1.807, 2.05) is 66.9 Å². The third kappa shape index (κ3) is 3.03. The number of benzene rings is 3. The number of hydrazone groups is 1. The van der Waals surface area contributed by atoms with Crippen LogP contribution >= 0.6 is 0 Å². The molecule has 3 aromatic carbocycles. The lowest BCUT2D eigenvalue weighted by molar-refractivity contribution is -0.122. The molecule has 29 heavy (non-hydrogen) atoms. The van der Waals surface area contributed by atoms with Gasteiger partial charge in [0.15, 0.2) is 0 Å². The Morgan fingerprint density at radius 1 is 0.931 bits per heavy atom. The van der Waals surface area contributed by atoms with Gasteiger partial charge in [0.25, 0.3) is 0 Å². The highest BCUT2D eigenvalue weighted by molar-refractivity contribution is 5.99. The number of carbonyl (C=O) groups is 1. The second-order valence-corrected chi connectivity index (χ2v) is 7.48. The molecule has 0 saturated heterocycles. The molecule has 1 amide bonds. The van der Waals surface area contributed by atoms with E-state index >= 15 is 0 Å². The van der Waals surface area contributed by atoms with Crippen LogP contribution in [0.2, 0.25) is 0 Å². The van der Waals surface area contributed by atoms with Gasteiger partial charge in [-0.1, -0.05) is 78.9 Å². The average Bonchev–Trinajstić information content (AvgIpc) is 3.43. The summed E-state index contributed by atoms with van der Waals surface area (Å²) in [5, 5.41) is 5.32. The standard InChI is InChI=1S/C25H21N3O/c29-24(28-27-17-18-16-26-23-14-8-7-13-21(18)23)22-15-25(22,19-9-3-1-4-10-19)20-11-5-2-6-12-20/h1-14,16-17,22,26H,15H2,(H,28,29)/b27-17+/t22-/m1/s1. The van der Waals surface area contributed by atoms with Crippen LogP contribution in [0.3, 0.4) is 0 Å². The molecular formula is C25H21N3O. The fourth-order valence-electron chi connectivity index (χ4n) is 4.30. The first kappa shape index (κ1) is 17.4. The molecule has 4 aromatic rings. The van der Waals surface area contributed by atoms with E-state index < -0.39 is 0 Å². The second-order valence-electron chi connectivity index (χ2n) is 7.48. The Kier molecular flexibility index (Phi) is 4.24. The number of aromatic nitrogens is 1. The number of rotatable bonds is 5. The van der Waals surface area contributed by atoms with Crippen LogP contribution in [-0.2, 0) is 10.2 Å². The lowest BCUT2D eigenvalue weighted by Crippen LogP contribution is -2.25. The van der Waals surface area contributed by atoms with Gasteiger partial charge in [0.1, 0.15) is 0 Å². The van der Waals surface area contributed by atoms with E-state index in [2.05, 4.69) is 39.8 Å². The highest BCUT2D eigenvalue weighted by Crippen LogP contribution is 2.58. The molecule has 0 unspecified atom stereocenters. The molecule has 4 nitrogen and oxygen atoms in total. The first-order chi connectivity index (χ1) is 14.3. The topological polar surface area (TPSA) is 57.2 Å². The Balaban J connectivity index is 1.37. The Hall–Kier alpha value is -3.66. The van der Waals surface area contributed by atoms with Gasteiger partial charge in [0, 0.05) is 28.1 Å². The van der Waals surface area contributed by atoms with E-state index in [1.54, 1.807) is 6.21 Å². The van der Waals surface area contributed by atoms with E-state index in [-0.39, 0.29) is 17.2 Å². The molecule has 1 heterocycles. The number of hydrogen-bond donors (Lipinski definition) is 2. The van der Waals surface area contributed by atoms with Crippen LogP contribution in [0.4, 0.5) is 0 Å². The molecule has 2 N–H and O–H groups in total. The van der Waals surface area contributed by atoms with Gasteiger partial charge < -0.3 is 4.98 Å². The number of amides is 1. The van der Waals surface area contributed by atoms with Crippen molar-refractivity contribution in [2.45, 2.75) is 11.8 Å². The van der Waals surface area contributed by atoms with E-state index in [9.17, 15) is 4.79 Å². The molecule has 142 valence electrons. The summed E-state index contributed by atoms with van der Waals surface area (Å²) in [6, 6.07) is 28.6. The molecule has 1 fully saturated rings. The second kappa shape index (κ2) is 7.06. The fourth-order valence-corrected chi connectivity index (χ4v) is 4.30. The molecule has 0 aliphatic heterocycles. The Morgan fingerprint density at radius 3 is 2.24 bits per heavy atom. The number of carbonyl (C=O) groups excluding carboxylic acids is 1. The average molecular weight is 379 g/mol. The predicted octanol–water partition coefficient (Wildman–Crippen LogP) is 4.62. The molecule has 0 bridgehead atoms. The summed E-state index contributed by atoms with van der Waals surface area (Å²) >= 11 is 0. The molecule has 0 radical (unpaired) electrons. The van der Waals surface area contributed by atoms with Crippen LogP contribution < -0.4 is 5.43 Å². The van der Waals surface area contributed by atoms with E-state index in [0.717, 1.165) is 22.9 Å². The minimum absolute atomic E-state index is 0.0474. The molecular weight excluding hydrogens is 358 g/mol. The Morgan fingerprint density at radius 2 is 1.55 bits per heavy atom. The number of fused-ring (bicyclic) bond motifs is 1. The summed E-state index contributed by atoms with van der Waals surface area (Å²) in [5.41, 5.74) is 6.83. The van der Waals surface area contributed by atoms with Crippen molar-refractivity contribution < 1.29 is 4.79 Å². The van der Waals surface area contributed by atoms with Gasteiger partial charge in [-0.15, -0.1) is 0 Å². The Labute approximate surface area is 169 Å². The third-order valence-corrected chi connectivity index (χ3v) is 5.85. The Bertz CT molecular complexity index is 1140. The van der Waals surface area contributed by atoms with Gasteiger partial charge in [-0.25, -0.2) is 5.43 Å². The van der Waals surface area contributed by atoms with Crippen molar-refractivity contribution >= 4 is 23.0 Å². The predicted molar refractivity (Wildman–Crippen MR) is 116 cm³/mol. The summed E-state index contributed by atoms with van der Waals surface area (Å²) < 4.78 is 0. The summed E-state index contributed by atoms with van der Waals surface area (Å²) in [6.45, 7) is 0. The van der Waals surface area contributed by atoms with Gasteiger partial charge in [-0.05, 0) is 23.6 Å². The van der Waals surface area contributed by atoms with Crippen LogP contribution in [0.15, 0.2) is 96.2 Å². The summed E-state index contributed by atoms with van der Waals surface area (Å²) in [6.07, 6.45) is 4.39. The molecule has 5 rings (SSSR count). The van der Waals surface area contributed by atoms with Crippen molar-refractivity contribution in [3.05, 3.63) is 108 Å². The van der Waals surface area contributed by atoms with Crippen LogP contribution in [0.25, 0.3) is 10.9 Å². The summed E-state index contributed by atoms with van der Waals surface area (Å²) in [7, 11) is 0. The number of nitrogens with one attached hydrogen (secondary N) is 2. The highest BCUT2D eigenvalue weighted by Gasteiger charge is 2.60. The van der Waals surface area contributed by atoms with Crippen LogP contribution in [0.5, 0.6) is 0 Å². The van der Waals surface area contributed by atoms with E-state index in [4.69, 9.17) is 0 Å².